The predicted octanol–water partition coefficient (Wildman–Crippen LogP) is 2.53. The summed E-state index contributed by atoms with van der Waals surface area (Å²) in [6.07, 6.45) is 2.87. The van der Waals surface area contributed by atoms with Gasteiger partial charge in [0.1, 0.15) is 18.3 Å². The molecule has 0 unspecified atom stereocenters. The van der Waals surface area contributed by atoms with E-state index in [4.69, 9.17) is 0 Å². The molecule has 0 fully saturated rings. The Morgan fingerprint density at radius 1 is 1.07 bits per heavy atom. The van der Waals surface area contributed by atoms with Crippen LogP contribution in [-0.4, -0.2) is 25.2 Å². The van der Waals surface area contributed by atoms with Crippen LogP contribution in [0.2, 0.25) is 0 Å². The summed E-state index contributed by atoms with van der Waals surface area (Å²) in [6, 6.07) is 16.8. The summed E-state index contributed by atoms with van der Waals surface area (Å²) in [6.45, 7) is 1.85. The molecule has 0 spiro atoms. The van der Waals surface area contributed by atoms with Crippen LogP contribution in [0.15, 0.2) is 71.9 Å². The van der Waals surface area contributed by atoms with Crippen molar-refractivity contribution in [3.63, 3.8) is 0 Å². The summed E-state index contributed by atoms with van der Waals surface area (Å²) in [5.74, 6) is -0.296. The third kappa shape index (κ3) is 3.22. The van der Waals surface area contributed by atoms with Crippen molar-refractivity contribution in [3.8, 4) is 5.69 Å². The molecular weight excluding hydrogens is 342 g/mol. The number of para-hydroxylation sites is 2. The van der Waals surface area contributed by atoms with Crippen molar-refractivity contribution in [2.75, 3.05) is 5.32 Å². The molecule has 7 nitrogen and oxygen atoms in total. The molecule has 0 atom stereocenters. The summed E-state index contributed by atoms with van der Waals surface area (Å²) in [4.78, 5) is 29.3. The van der Waals surface area contributed by atoms with Gasteiger partial charge in [0.15, 0.2) is 5.65 Å². The first kappa shape index (κ1) is 16.7. The van der Waals surface area contributed by atoms with Gasteiger partial charge in [0.05, 0.1) is 11.9 Å². The Bertz CT molecular complexity index is 1180. The van der Waals surface area contributed by atoms with Crippen LogP contribution in [0, 0.1) is 6.92 Å². The van der Waals surface area contributed by atoms with E-state index in [0.29, 0.717) is 16.7 Å². The topological polar surface area (TPSA) is 81.8 Å². The normalized spacial score (nSPS) is 10.9. The maximum absolute atomic E-state index is 12.7. The number of hydrogen-bond acceptors (Lipinski definition) is 4. The molecule has 0 saturated heterocycles. The van der Waals surface area contributed by atoms with Crippen molar-refractivity contribution < 1.29 is 4.79 Å². The number of carbonyl (C=O) groups excluding carboxylic acids is 1. The number of nitrogens with one attached hydrogen (secondary N) is 1. The van der Waals surface area contributed by atoms with Crippen LogP contribution in [-0.2, 0) is 11.3 Å². The van der Waals surface area contributed by atoms with Gasteiger partial charge in [0, 0.05) is 5.69 Å². The lowest BCUT2D eigenvalue weighted by Gasteiger charge is -2.08. The van der Waals surface area contributed by atoms with Crippen LogP contribution in [0.3, 0.4) is 0 Å². The maximum Gasteiger partial charge on any atom is 0.264 e. The number of aryl methyl sites for hydroxylation is 1. The molecule has 0 aliphatic heterocycles. The van der Waals surface area contributed by atoms with E-state index in [0.717, 1.165) is 11.3 Å². The number of amides is 1. The zero-order valence-electron chi connectivity index (χ0n) is 14.7. The molecule has 2 heterocycles. The number of rotatable bonds is 4. The van der Waals surface area contributed by atoms with Gasteiger partial charge < -0.3 is 5.32 Å². The Kier molecular flexibility index (Phi) is 4.25. The quantitative estimate of drug-likeness (QED) is 0.607. The Morgan fingerprint density at radius 2 is 1.81 bits per heavy atom. The minimum atomic E-state index is -0.303. The molecule has 2 aromatic heterocycles. The summed E-state index contributed by atoms with van der Waals surface area (Å²) < 4.78 is 2.92. The number of fused-ring (bicyclic) bond motifs is 1. The molecule has 27 heavy (non-hydrogen) atoms. The molecule has 7 heteroatoms. The standard InChI is InChI=1S/C20H17N5O2/c1-14-7-5-6-10-17(14)25-19-16(11-22-25)20(27)24(13-21-19)12-18(26)23-15-8-3-2-4-9-15/h2-11,13H,12H2,1H3,(H,23,26). The highest BCUT2D eigenvalue weighted by atomic mass is 16.2. The zero-order valence-corrected chi connectivity index (χ0v) is 14.7. The second kappa shape index (κ2) is 6.87. The average molecular weight is 359 g/mol. The molecule has 1 amide bonds. The average Bonchev–Trinajstić information content (AvgIpc) is 3.10. The first-order chi connectivity index (χ1) is 13.1. The largest absolute Gasteiger partial charge is 0.325 e. The summed E-state index contributed by atoms with van der Waals surface area (Å²) in [5.41, 5.74) is 2.73. The molecule has 0 saturated carbocycles. The lowest BCUT2D eigenvalue weighted by atomic mass is 10.2. The number of hydrogen-bond donors (Lipinski definition) is 1. The van der Waals surface area contributed by atoms with Crippen molar-refractivity contribution >= 4 is 22.6 Å². The van der Waals surface area contributed by atoms with Gasteiger partial charge in [-0.1, -0.05) is 36.4 Å². The summed E-state index contributed by atoms with van der Waals surface area (Å²) >= 11 is 0. The van der Waals surface area contributed by atoms with E-state index >= 15 is 0 Å². The van der Waals surface area contributed by atoms with E-state index in [1.165, 1.54) is 17.1 Å². The molecule has 2 aromatic carbocycles. The fraction of sp³-hybridized carbons (Fsp3) is 0.100. The van der Waals surface area contributed by atoms with Gasteiger partial charge in [-0.05, 0) is 30.7 Å². The summed E-state index contributed by atoms with van der Waals surface area (Å²) in [7, 11) is 0. The van der Waals surface area contributed by atoms with E-state index < -0.39 is 0 Å². The van der Waals surface area contributed by atoms with Crippen molar-refractivity contribution in [1.29, 1.82) is 0 Å². The maximum atomic E-state index is 12.7. The molecule has 134 valence electrons. The van der Waals surface area contributed by atoms with E-state index in [9.17, 15) is 9.59 Å². The predicted molar refractivity (Wildman–Crippen MR) is 103 cm³/mol. The highest BCUT2D eigenvalue weighted by Gasteiger charge is 2.14. The second-order valence-electron chi connectivity index (χ2n) is 6.17. The molecule has 0 radical (unpaired) electrons. The van der Waals surface area contributed by atoms with Crippen molar-refractivity contribution in [3.05, 3.63) is 83.0 Å². The number of benzene rings is 2. The Balaban J connectivity index is 1.65. The SMILES string of the molecule is Cc1ccccc1-n1ncc2c(=O)n(CC(=O)Nc3ccccc3)cnc21. The first-order valence-electron chi connectivity index (χ1n) is 8.47. The van der Waals surface area contributed by atoms with Gasteiger partial charge >= 0.3 is 0 Å². The summed E-state index contributed by atoms with van der Waals surface area (Å²) in [5, 5.41) is 7.44. The van der Waals surface area contributed by atoms with E-state index in [2.05, 4.69) is 15.4 Å². The highest BCUT2D eigenvalue weighted by Crippen LogP contribution is 2.17. The molecule has 0 bridgehead atoms. The van der Waals surface area contributed by atoms with Gasteiger partial charge in [-0.3, -0.25) is 14.2 Å². The van der Waals surface area contributed by atoms with Gasteiger partial charge in [-0.25, -0.2) is 9.67 Å². The third-order valence-corrected chi connectivity index (χ3v) is 4.27. The first-order valence-corrected chi connectivity index (χ1v) is 8.47. The van der Waals surface area contributed by atoms with Crippen LogP contribution < -0.4 is 10.9 Å². The highest BCUT2D eigenvalue weighted by molar-refractivity contribution is 5.90. The molecule has 0 aliphatic rings. The minimum absolute atomic E-state index is 0.119. The Hall–Kier alpha value is -3.74. The number of carbonyl (C=O) groups is 1. The fourth-order valence-electron chi connectivity index (χ4n) is 2.92. The molecule has 4 aromatic rings. The zero-order chi connectivity index (χ0) is 18.8. The van der Waals surface area contributed by atoms with Crippen LogP contribution >= 0.6 is 0 Å². The van der Waals surface area contributed by atoms with Gasteiger partial charge in [0.25, 0.3) is 5.56 Å². The lowest BCUT2D eigenvalue weighted by Crippen LogP contribution is -2.27. The van der Waals surface area contributed by atoms with Crippen molar-refractivity contribution in [2.45, 2.75) is 13.5 Å². The monoisotopic (exact) mass is 359 g/mol. The van der Waals surface area contributed by atoms with Crippen LogP contribution in [0.5, 0.6) is 0 Å². The Labute approximate surface area is 154 Å². The smallest absolute Gasteiger partial charge is 0.264 e. The van der Waals surface area contributed by atoms with Gasteiger partial charge in [-0.15, -0.1) is 0 Å². The van der Waals surface area contributed by atoms with Crippen molar-refractivity contribution in [2.24, 2.45) is 0 Å². The molecular formula is C20H17N5O2. The van der Waals surface area contributed by atoms with Gasteiger partial charge in [0.2, 0.25) is 5.91 Å². The Morgan fingerprint density at radius 3 is 2.59 bits per heavy atom. The molecule has 1 N–H and O–H groups in total. The van der Waals surface area contributed by atoms with Crippen LogP contribution in [0.1, 0.15) is 5.56 Å². The van der Waals surface area contributed by atoms with Crippen molar-refractivity contribution in [1.82, 2.24) is 19.3 Å². The fourth-order valence-corrected chi connectivity index (χ4v) is 2.92. The number of aromatic nitrogens is 4. The van der Waals surface area contributed by atoms with E-state index in [-0.39, 0.29) is 18.0 Å². The number of anilines is 1. The minimum Gasteiger partial charge on any atom is -0.325 e. The van der Waals surface area contributed by atoms with Crippen LogP contribution in [0.25, 0.3) is 16.7 Å². The van der Waals surface area contributed by atoms with Crippen LogP contribution in [0.4, 0.5) is 5.69 Å². The lowest BCUT2D eigenvalue weighted by molar-refractivity contribution is -0.116. The molecule has 4 rings (SSSR count). The van der Waals surface area contributed by atoms with E-state index in [1.807, 2.05) is 49.4 Å². The second-order valence-corrected chi connectivity index (χ2v) is 6.17. The molecule has 0 aliphatic carbocycles. The number of nitrogens with zero attached hydrogens (tertiary/aromatic N) is 4. The van der Waals surface area contributed by atoms with Gasteiger partial charge in [-0.2, -0.15) is 5.10 Å². The van der Waals surface area contributed by atoms with E-state index in [1.54, 1.807) is 16.8 Å². The third-order valence-electron chi connectivity index (χ3n) is 4.27.